The lowest BCUT2D eigenvalue weighted by Crippen LogP contribution is -1.97. The molecule has 0 saturated carbocycles. The Morgan fingerprint density at radius 3 is 1.24 bits per heavy atom. The number of aromatic amines is 2. The van der Waals surface area contributed by atoms with Crippen LogP contribution in [0.15, 0.2) is 144 Å². The van der Waals surface area contributed by atoms with Crippen LogP contribution in [0.3, 0.4) is 0 Å². The number of hydrogen-bond acceptors (Lipinski definition) is 10. The molecule has 2 aliphatic heterocycles. The molecule has 14 heteroatoms. The summed E-state index contributed by atoms with van der Waals surface area (Å²) < 4.78 is 45.7. The van der Waals surface area contributed by atoms with Gasteiger partial charge >= 0.3 is 0 Å². The molecule has 2 aliphatic rings. The molecule has 3 aromatic heterocycles. The number of nitrogens with zero attached hydrogens (tertiary/aromatic N) is 6. The van der Waals surface area contributed by atoms with Crippen molar-refractivity contribution in [2.24, 2.45) is 0 Å². The van der Waals surface area contributed by atoms with E-state index in [9.17, 15) is 13.0 Å². The number of rotatable bonds is 5. The highest BCUT2D eigenvalue weighted by atomic mass is 32.2. The van der Waals surface area contributed by atoms with Crippen LogP contribution >= 0.6 is 0 Å². The highest BCUT2D eigenvalue weighted by molar-refractivity contribution is 7.85. The molecule has 0 radical (unpaired) electrons. The molecule has 278 valence electrons. The Bertz CT molecular complexity index is 3440. The first-order valence-electron chi connectivity index (χ1n) is 18.1. The largest absolute Gasteiger partial charge is 0.457 e. The molecule has 0 saturated heterocycles. The van der Waals surface area contributed by atoms with E-state index in [1.54, 1.807) is 6.07 Å². The van der Waals surface area contributed by atoms with Crippen molar-refractivity contribution in [2.45, 2.75) is 4.90 Å². The molecule has 11 rings (SSSR count). The van der Waals surface area contributed by atoms with E-state index >= 15 is 0 Å². The van der Waals surface area contributed by atoms with Crippen LogP contribution in [0.2, 0.25) is 0 Å². The maximum absolute atomic E-state index is 11.7. The van der Waals surface area contributed by atoms with Gasteiger partial charge < -0.3 is 19.4 Å². The van der Waals surface area contributed by atoms with Crippen molar-refractivity contribution < 1.29 is 22.4 Å². The van der Waals surface area contributed by atoms with Crippen molar-refractivity contribution in [3.63, 3.8) is 0 Å². The Morgan fingerprint density at radius 1 is 0.414 bits per heavy atom. The smallest absolute Gasteiger partial charge is 0.294 e. The molecule has 6 aromatic carbocycles. The molecule has 8 bridgehead atoms. The van der Waals surface area contributed by atoms with E-state index in [1.165, 1.54) is 24.3 Å². The summed E-state index contributed by atoms with van der Waals surface area (Å²) in [5.41, 5.74) is 4.76. The number of fused-ring (bicyclic) bond motifs is 20. The molecule has 9 aromatic rings. The lowest BCUT2D eigenvalue weighted by Gasteiger charge is -2.10. The zero-order valence-corrected chi connectivity index (χ0v) is 30.8. The number of aromatic nitrogens is 8. The van der Waals surface area contributed by atoms with Crippen molar-refractivity contribution >= 4 is 54.3 Å². The van der Waals surface area contributed by atoms with Gasteiger partial charge in [-0.3, -0.25) is 4.55 Å². The molecule has 0 atom stereocenters. The maximum Gasteiger partial charge on any atom is 0.294 e. The van der Waals surface area contributed by atoms with Gasteiger partial charge in [0.15, 0.2) is 23.3 Å². The van der Waals surface area contributed by atoms with Gasteiger partial charge in [0.2, 0.25) is 0 Å². The van der Waals surface area contributed by atoms with E-state index in [0.717, 1.165) is 27.1 Å². The average molecular weight is 779 g/mol. The lowest BCUT2D eigenvalue weighted by molar-refractivity contribution is 0.478. The van der Waals surface area contributed by atoms with E-state index in [0.29, 0.717) is 85.6 Å². The zero-order valence-electron chi connectivity index (χ0n) is 30.0. The number of nitrogens with one attached hydrogen (secondary N) is 2. The molecule has 3 N–H and O–H groups in total. The van der Waals surface area contributed by atoms with Crippen LogP contribution in [0.1, 0.15) is 0 Å². The summed E-state index contributed by atoms with van der Waals surface area (Å²) in [6.07, 6.45) is 0. The molecular formula is C44H26N8O5S. The van der Waals surface area contributed by atoms with Gasteiger partial charge in [-0.25, -0.2) is 29.9 Å². The van der Waals surface area contributed by atoms with E-state index in [4.69, 9.17) is 39.4 Å². The molecular weight excluding hydrogens is 753 g/mol. The van der Waals surface area contributed by atoms with Gasteiger partial charge in [0, 0.05) is 32.7 Å². The number of benzene rings is 6. The van der Waals surface area contributed by atoms with Gasteiger partial charge in [-0.15, -0.1) is 0 Å². The van der Waals surface area contributed by atoms with Crippen molar-refractivity contribution in [3.8, 4) is 68.5 Å². The molecule has 0 aliphatic carbocycles. The van der Waals surface area contributed by atoms with Crippen LogP contribution in [0, 0.1) is 0 Å². The minimum absolute atomic E-state index is 0.250. The number of hydrogen-bond donors (Lipinski definition) is 3. The third-order valence-corrected chi connectivity index (χ3v) is 10.8. The second-order valence-corrected chi connectivity index (χ2v) is 14.9. The summed E-state index contributed by atoms with van der Waals surface area (Å²) in [6.45, 7) is 0. The molecule has 5 heterocycles. The Labute approximate surface area is 328 Å². The Balaban J connectivity index is 1.20. The van der Waals surface area contributed by atoms with Crippen LogP contribution in [-0.2, 0) is 10.1 Å². The quantitative estimate of drug-likeness (QED) is 0.141. The van der Waals surface area contributed by atoms with Crippen LogP contribution in [0.25, 0.3) is 89.7 Å². The predicted molar refractivity (Wildman–Crippen MR) is 219 cm³/mol. The first-order valence-corrected chi connectivity index (χ1v) is 19.5. The van der Waals surface area contributed by atoms with Crippen LogP contribution in [-0.4, -0.2) is 52.8 Å². The van der Waals surface area contributed by atoms with Crippen LogP contribution < -0.4 is 9.47 Å². The van der Waals surface area contributed by atoms with Crippen molar-refractivity contribution in [3.05, 3.63) is 140 Å². The molecule has 58 heavy (non-hydrogen) atoms. The lowest BCUT2D eigenvalue weighted by atomic mass is 10.1. The minimum atomic E-state index is -4.39. The van der Waals surface area contributed by atoms with Crippen LogP contribution in [0.5, 0.6) is 23.0 Å². The van der Waals surface area contributed by atoms with Gasteiger partial charge in [-0.1, -0.05) is 91.0 Å². The standard InChI is InChI=1S/C44H26N8O5S/c53-58(54,55)26-22-20-25(21-23-26)57-34-19-9-17-32-36(34)44-50-40-30-15-7-5-13-28(30)37(46-40)47-41-31-16-8-18-33(56-24-10-2-1-3-11-24)35(31)43(51-41)49-39-29-14-6-4-12-27(29)38(45-39)48-42(32)52-44/h1-23H,(H,53,54,55)(H2,45,46,47,48,49,50,51,52). The van der Waals surface area contributed by atoms with Gasteiger partial charge in [-0.05, 0) is 48.5 Å². The van der Waals surface area contributed by atoms with E-state index in [-0.39, 0.29) is 4.90 Å². The minimum Gasteiger partial charge on any atom is -0.457 e. The molecule has 0 amide bonds. The third-order valence-electron chi connectivity index (χ3n) is 9.94. The van der Waals surface area contributed by atoms with E-state index in [1.807, 2.05) is 109 Å². The van der Waals surface area contributed by atoms with Gasteiger partial charge in [0.05, 0.1) is 16.0 Å². The fourth-order valence-corrected chi connectivity index (χ4v) is 7.80. The number of ether oxygens (including phenoxy) is 2. The summed E-state index contributed by atoms with van der Waals surface area (Å²) >= 11 is 0. The third kappa shape index (κ3) is 5.62. The van der Waals surface area contributed by atoms with E-state index in [2.05, 4.69) is 9.97 Å². The summed E-state index contributed by atoms with van der Waals surface area (Å²) in [5, 5.41) is 3.24. The van der Waals surface area contributed by atoms with Crippen LogP contribution in [0.4, 0.5) is 0 Å². The van der Waals surface area contributed by atoms with Gasteiger partial charge in [-0.2, -0.15) is 8.42 Å². The second-order valence-electron chi connectivity index (χ2n) is 13.5. The molecule has 0 spiro atoms. The monoisotopic (exact) mass is 778 g/mol. The first kappa shape index (κ1) is 33.5. The highest BCUT2D eigenvalue weighted by Gasteiger charge is 2.27. The Hall–Kier alpha value is -7.81. The maximum atomic E-state index is 11.7. The first-order chi connectivity index (χ1) is 28.3. The summed E-state index contributed by atoms with van der Waals surface area (Å²) in [6, 6.07) is 41.9. The normalized spacial score (nSPS) is 12.0. The summed E-state index contributed by atoms with van der Waals surface area (Å²) in [4.78, 5) is 37.1. The second kappa shape index (κ2) is 12.9. The van der Waals surface area contributed by atoms with Crippen molar-refractivity contribution in [1.82, 2.24) is 39.9 Å². The highest BCUT2D eigenvalue weighted by Crippen LogP contribution is 2.44. The molecule has 13 nitrogen and oxygen atoms in total. The SMILES string of the molecule is O=S(=O)(O)c1ccc(Oc2cccc3c2-c2nc-3nc3[nH]c(nc4nc(nc5[nH]c(n2)c2ccccc52)-c2cccc(Oc5ccccc5)c2-4)c2ccccc32)cc1. The summed E-state index contributed by atoms with van der Waals surface area (Å²) in [7, 11) is -4.39. The predicted octanol–water partition coefficient (Wildman–Crippen LogP) is 9.70. The van der Waals surface area contributed by atoms with Gasteiger partial charge in [0.1, 0.15) is 45.6 Å². The number of H-pyrrole nitrogens is 2. The van der Waals surface area contributed by atoms with Crippen molar-refractivity contribution in [2.75, 3.05) is 0 Å². The van der Waals surface area contributed by atoms with E-state index < -0.39 is 10.1 Å². The topological polar surface area (TPSA) is 182 Å². The zero-order chi connectivity index (χ0) is 39.0. The van der Waals surface area contributed by atoms with Gasteiger partial charge in [0.25, 0.3) is 10.1 Å². The fourth-order valence-electron chi connectivity index (χ4n) is 7.32. The molecule has 0 fully saturated rings. The fraction of sp³-hybridized carbons (Fsp3) is 0. The number of para-hydroxylation sites is 1. The molecule has 0 unspecified atom stereocenters. The Kier molecular flexibility index (Phi) is 7.44. The summed E-state index contributed by atoms with van der Waals surface area (Å²) in [5.74, 6) is 3.55. The average Bonchev–Trinajstić information content (AvgIpc) is 3.97. The van der Waals surface area contributed by atoms with Crippen molar-refractivity contribution in [1.29, 1.82) is 0 Å². The Morgan fingerprint density at radius 2 is 0.810 bits per heavy atom.